The van der Waals surface area contributed by atoms with E-state index in [2.05, 4.69) is 25.3 Å². The van der Waals surface area contributed by atoms with Gasteiger partial charge in [0.05, 0.1) is 12.9 Å². The normalized spacial score (nSPS) is 13.7. The van der Waals surface area contributed by atoms with Gasteiger partial charge in [0, 0.05) is 7.11 Å². The molecule has 7 heteroatoms. The summed E-state index contributed by atoms with van der Waals surface area (Å²) in [7, 11) is 1.62. The molecule has 118 valence electrons. The van der Waals surface area contributed by atoms with Gasteiger partial charge in [0.2, 0.25) is 0 Å². The van der Waals surface area contributed by atoms with Gasteiger partial charge >= 0.3 is 0 Å². The van der Waals surface area contributed by atoms with E-state index in [1.165, 1.54) is 12.7 Å². The van der Waals surface area contributed by atoms with Crippen LogP contribution in [0.4, 0.5) is 0 Å². The molecule has 1 unspecified atom stereocenters. The maximum absolute atomic E-state index is 12.4. The van der Waals surface area contributed by atoms with Crippen molar-refractivity contribution in [2.45, 2.75) is 12.5 Å². The lowest BCUT2D eigenvalue weighted by Gasteiger charge is -2.28. The molecule has 3 rings (SSSR count). The Kier molecular flexibility index (Phi) is 4.03. The fourth-order valence-corrected chi connectivity index (χ4v) is 2.35. The molecule has 0 saturated heterocycles. The second-order valence-corrected chi connectivity index (χ2v) is 5.31. The molecular weight excluding hydrogens is 294 g/mol. The maximum atomic E-state index is 12.4. The number of benzene rings is 1. The summed E-state index contributed by atoms with van der Waals surface area (Å²) >= 11 is 0. The van der Waals surface area contributed by atoms with Crippen LogP contribution in [0.1, 0.15) is 23.0 Å². The molecule has 2 N–H and O–H groups in total. The second kappa shape index (κ2) is 6.13. The van der Waals surface area contributed by atoms with Crippen LogP contribution >= 0.6 is 0 Å². The Bertz CT molecular complexity index is 817. The maximum Gasteiger partial charge on any atom is 0.272 e. The first-order valence-electron chi connectivity index (χ1n) is 7.17. The molecule has 1 aromatic carbocycles. The summed E-state index contributed by atoms with van der Waals surface area (Å²) in [4.78, 5) is 27.4. The highest BCUT2D eigenvalue weighted by Gasteiger charge is 2.27. The van der Waals surface area contributed by atoms with E-state index in [0.29, 0.717) is 17.7 Å². The van der Waals surface area contributed by atoms with Crippen LogP contribution in [0.15, 0.2) is 43.0 Å². The van der Waals surface area contributed by atoms with Gasteiger partial charge in [-0.2, -0.15) is 0 Å². The van der Waals surface area contributed by atoms with Crippen molar-refractivity contribution in [1.82, 2.24) is 25.3 Å². The number of methoxy groups -OCH3 is 1. The number of rotatable bonds is 5. The van der Waals surface area contributed by atoms with Crippen molar-refractivity contribution in [2.24, 2.45) is 0 Å². The number of carbonyl (C=O) groups excluding carboxylic acids is 1. The predicted molar refractivity (Wildman–Crippen MR) is 84.8 cm³/mol. The molecule has 1 atom stereocenters. The minimum atomic E-state index is -0.628. The number of imidazole rings is 1. The Labute approximate surface area is 133 Å². The van der Waals surface area contributed by atoms with Crippen molar-refractivity contribution in [2.75, 3.05) is 13.7 Å². The third kappa shape index (κ3) is 2.91. The zero-order valence-corrected chi connectivity index (χ0v) is 12.9. The van der Waals surface area contributed by atoms with Crippen LogP contribution in [0.2, 0.25) is 0 Å². The van der Waals surface area contributed by atoms with Gasteiger partial charge in [-0.15, -0.1) is 0 Å². The Balaban J connectivity index is 1.79. The number of hydrogen-bond acceptors (Lipinski definition) is 5. The number of carbonyl (C=O) groups is 1. The van der Waals surface area contributed by atoms with E-state index in [0.717, 1.165) is 5.56 Å². The van der Waals surface area contributed by atoms with Gasteiger partial charge in [-0.1, -0.05) is 30.3 Å². The van der Waals surface area contributed by atoms with Gasteiger partial charge in [0.25, 0.3) is 5.91 Å². The number of nitrogens with zero attached hydrogens (tertiary/aromatic N) is 3. The summed E-state index contributed by atoms with van der Waals surface area (Å²) in [5.41, 5.74) is 1.60. The Hall–Kier alpha value is -2.80. The number of aromatic amines is 1. The molecule has 0 bridgehead atoms. The SMILES string of the molecule is COC(C)(CNC(=O)c1ncnc2nc[nH]c12)c1ccccc1. The molecule has 0 aliphatic heterocycles. The zero-order chi connectivity index (χ0) is 16.3. The first-order valence-corrected chi connectivity index (χ1v) is 7.17. The van der Waals surface area contributed by atoms with Crippen molar-refractivity contribution in [3.8, 4) is 0 Å². The standard InChI is InChI=1S/C16H17N5O2/c1-16(23-2,11-6-4-3-5-7-11)8-17-15(22)13-12-14(20-9-18-12)21-10-19-13/h3-7,9-10H,8H2,1-2H3,(H,17,22)(H,18,19,20,21). The lowest BCUT2D eigenvalue weighted by Crippen LogP contribution is -2.40. The predicted octanol–water partition coefficient (Wildman–Crippen LogP) is 1.64. The van der Waals surface area contributed by atoms with Crippen molar-refractivity contribution in [1.29, 1.82) is 0 Å². The number of hydrogen-bond donors (Lipinski definition) is 2. The first-order chi connectivity index (χ1) is 11.1. The average Bonchev–Trinajstić information content (AvgIpc) is 3.08. The number of fused-ring (bicyclic) bond motifs is 1. The molecule has 0 radical (unpaired) electrons. The van der Waals surface area contributed by atoms with E-state index < -0.39 is 5.60 Å². The minimum Gasteiger partial charge on any atom is -0.372 e. The smallest absolute Gasteiger partial charge is 0.272 e. The van der Waals surface area contributed by atoms with Crippen LogP contribution in [0.3, 0.4) is 0 Å². The van der Waals surface area contributed by atoms with Crippen LogP contribution in [0.5, 0.6) is 0 Å². The molecule has 23 heavy (non-hydrogen) atoms. The molecule has 2 heterocycles. The molecule has 0 saturated carbocycles. The largest absolute Gasteiger partial charge is 0.372 e. The Morgan fingerprint density at radius 1 is 1.26 bits per heavy atom. The molecular formula is C16H17N5O2. The molecule has 0 aliphatic carbocycles. The van der Waals surface area contributed by atoms with E-state index >= 15 is 0 Å². The van der Waals surface area contributed by atoms with Gasteiger partial charge < -0.3 is 15.0 Å². The van der Waals surface area contributed by atoms with E-state index in [4.69, 9.17) is 4.74 Å². The van der Waals surface area contributed by atoms with Crippen LogP contribution in [-0.2, 0) is 10.3 Å². The molecule has 0 spiro atoms. The van der Waals surface area contributed by atoms with Crippen molar-refractivity contribution in [3.05, 3.63) is 54.2 Å². The van der Waals surface area contributed by atoms with E-state index in [1.54, 1.807) is 7.11 Å². The highest BCUT2D eigenvalue weighted by Crippen LogP contribution is 2.23. The molecule has 1 amide bonds. The third-order valence-corrected chi connectivity index (χ3v) is 3.86. The van der Waals surface area contributed by atoms with Crippen molar-refractivity contribution < 1.29 is 9.53 Å². The number of H-pyrrole nitrogens is 1. The summed E-state index contributed by atoms with van der Waals surface area (Å²) in [5, 5.41) is 2.87. The Morgan fingerprint density at radius 3 is 2.78 bits per heavy atom. The highest BCUT2D eigenvalue weighted by atomic mass is 16.5. The highest BCUT2D eigenvalue weighted by molar-refractivity contribution is 6.01. The lowest BCUT2D eigenvalue weighted by molar-refractivity contribution is 0.00312. The van der Waals surface area contributed by atoms with E-state index in [1.807, 2.05) is 37.3 Å². The van der Waals surface area contributed by atoms with Crippen molar-refractivity contribution >= 4 is 17.1 Å². The van der Waals surface area contributed by atoms with Crippen LogP contribution in [-0.4, -0.2) is 39.5 Å². The second-order valence-electron chi connectivity index (χ2n) is 5.31. The summed E-state index contributed by atoms with van der Waals surface area (Å²) < 4.78 is 5.61. The number of nitrogens with one attached hydrogen (secondary N) is 2. The van der Waals surface area contributed by atoms with E-state index in [9.17, 15) is 4.79 Å². The summed E-state index contributed by atoms with van der Waals surface area (Å²) in [6.45, 7) is 2.24. The van der Waals surface area contributed by atoms with Crippen LogP contribution < -0.4 is 5.32 Å². The summed E-state index contributed by atoms with van der Waals surface area (Å²) in [6, 6.07) is 9.74. The minimum absolute atomic E-state index is 0.263. The van der Waals surface area contributed by atoms with Crippen LogP contribution in [0.25, 0.3) is 11.2 Å². The van der Waals surface area contributed by atoms with Crippen LogP contribution in [0, 0.1) is 0 Å². The third-order valence-electron chi connectivity index (χ3n) is 3.86. The van der Waals surface area contributed by atoms with Crippen molar-refractivity contribution in [3.63, 3.8) is 0 Å². The lowest BCUT2D eigenvalue weighted by atomic mass is 9.95. The molecule has 0 fully saturated rings. The van der Waals surface area contributed by atoms with Gasteiger partial charge in [0.1, 0.15) is 17.4 Å². The first kappa shape index (κ1) is 15.1. The van der Waals surface area contributed by atoms with Gasteiger partial charge in [-0.3, -0.25) is 4.79 Å². The monoisotopic (exact) mass is 311 g/mol. The zero-order valence-electron chi connectivity index (χ0n) is 12.9. The van der Waals surface area contributed by atoms with Gasteiger partial charge in [0.15, 0.2) is 11.3 Å². The van der Waals surface area contributed by atoms with Gasteiger partial charge in [-0.05, 0) is 12.5 Å². The number of amides is 1. The molecule has 3 aromatic rings. The number of aromatic nitrogens is 4. The average molecular weight is 311 g/mol. The molecule has 2 aromatic heterocycles. The topological polar surface area (TPSA) is 92.8 Å². The quantitative estimate of drug-likeness (QED) is 0.747. The Morgan fingerprint density at radius 2 is 2.04 bits per heavy atom. The fraction of sp³-hybridized carbons (Fsp3) is 0.250. The number of ether oxygens (including phenoxy) is 1. The van der Waals surface area contributed by atoms with E-state index in [-0.39, 0.29) is 11.6 Å². The summed E-state index contributed by atoms with van der Waals surface area (Å²) in [6.07, 6.45) is 2.81. The molecule has 0 aliphatic rings. The summed E-state index contributed by atoms with van der Waals surface area (Å²) in [5.74, 6) is -0.305. The molecule has 7 nitrogen and oxygen atoms in total. The fourth-order valence-electron chi connectivity index (χ4n) is 2.35. The van der Waals surface area contributed by atoms with Gasteiger partial charge in [-0.25, -0.2) is 15.0 Å².